The van der Waals surface area contributed by atoms with Crippen LogP contribution in [0.15, 0.2) is 0 Å². The number of nitrogens with one attached hydrogen (secondary N) is 1. The molecule has 8 heavy (non-hydrogen) atoms. The van der Waals surface area contributed by atoms with Gasteiger partial charge >= 0.3 is 0 Å². The van der Waals surface area contributed by atoms with E-state index in [2.05, 4.69) is 5.32 Å². The van der Waals surface area contributed by atoms with Gasteiger partial charge in [-0.2, -0.15) is 0 Å². The third-order valence-electron chi connectivity index (χ3n) is 1.38. The van der Waals surface area contributed by atoms with Gasteiger partial charge in [0.05, 0.1) is 6.61 Å². The molecular formula is C5H12ClNO. The van der Waals surface area contributed by atoms with E-state index in [1.165, 1.54) is 6.42 Å². The van der Waals surface area contributed by atoms with Crippen LogP contribution in [-0.2, 0) is 0 Å². The van der Waals surface area contributed by atoms with Crippen molar-refractivity contribution in [1.29, 1.82) is 0 Å². The number of halogens is 1. The normalized spacial score (nSPS) is 27.4. The molecule has 1 heterocycles. The first kappa shape index (κ1) is 8.21. The van der Waals surface area contributed by atoms with Gasteiger partial charge in [0.15, 0.2) is 0 Å². The Morgan fingerprint density at radius 1 is 1.62 bits per heavy atom. The summed E-state index contributed by atoms with van der Waals surface area (Å²) in [5.74, 6) is 0. The van der Waals surface area contributed by atoms with E-state index in [4.69, 9.17) is 5.11 Å². The molecule has 1 aliphatic rings. The van der Waals surface area contributed by atoms with Crippen LogP contribution in [0.5, 0.6) is 0 Å². The molecular weight excluding hydrogens is 126 g/mol. The van der Waals surface area contributed by atoms with Crippen LogP contribution in [0.25, 0.3) is 0 Å². The van der Waals surface area contributed by atoms with Crippen molar-refractivity contribution in [2.24, 2.45) is 0 Å². The van der Waals surface area contributed by atoms with E-state index in [0.29, 0.717) is 12.6 Å². The van der Waals surface area contributed by atoms with E-state index >= 15 is 0 Å². The van der Waals surface area contributed by atoms with Crippen LogP contribution in [-0.4, -0.2) is 24.3 Å². The molecule has 0 aromatic carbocycles. The molecule has 1 fully saturated rings. The number of hydrogen-bond donors (Lipinski definition) is 2. The molecule has 0 bridgehead atoms. The summed E-state index contributed by atoms with van der Waals surface area (Å²) in [5.41, 5.74) is 0. The molecule has 3 heteroatoms. The molecule has 0 aromatic heterocycles. The van der Waals surface area contributed by atoms with Gasteiger partial charge in [-0.1, -0.05) is 0 Å². The quantitative estimate of drug-likeness (QED) is 0.540. The maximum Gasteiger partial charge on any atom is 0.0584 e. The van der Waals surface area contributed by atoms with E-state index in [1.54, 1.807) is 0 Å². The molecule has 0 saturated carbocycles. The van der Waals surface area contributed by atoms with Gasteiger partial charge in [-0.3, -0.25) is 0 Å². The highest BCUT2D eigenvalue weighted by molar-refractivity contribution is 5.85. The van der Waals surface area contributed by atoms with Crippen molar-refractivity contribution in [1.82, 2.24) is 5.32 Å². The van der Waals surface area contributed by atoms with Gasteiger partial charge in [-0.15, -0.1) is 12.4 Å². The van der Waals surface area contributed by atoms with Crippen molar-refractivity contribution in [2.75, 3.05) is 13.2 Å². The van der Waals surface area contributed by atoms with E-state index < -0.39 is 0 Å². The Kier molecular flexibility index (Phi) is 4.23. The van der Waals surface area contributed by atoms with Crippen LogP contribution in [0.1, 0.15) is 12.8 Å². The third-order valence-corrected chi connectivity index (χ3v) is 1.38. The van der Waals surface area contributed by atoms with Crippen molar-refractivity contribution in [3.63, 3.8) is 0 Å². The van der Waals surface area contributed by atoms with Crippen molar-refractivity contribution >= 4 is 12.4 Å². The van der Waals surface area contributed by atoms with E-state index in [1.807, 2.05) is 0 Å². The zero-order valence-electron chi connectivity index (χ0n) is 4.76. The van der Waals surface area contributed by atoms with Crippen LogP contribution in [0.2, 0.25) is 0 Å². The summed E-state index contributed by atoms with van der Waals surface area (Å²) in [4.78, 5) is 0. The number of hydrogen-bond acceptors (Lipinski definition) is 2. The first-order valence-corrected chi connectivity index (χ1v) is 2.77. The van der Waals surface area contributed by atoms with Crippen molar-refractivity contribution in [3.8, 4) is 0 Å². The molecule has 0 aromatic rings. The zero-order chi connectivity index (χ0) is 5.11. The van der Waals surface area contributed by atoms with Gasteiger partial charge < -0.3 is 10.4 Å². The second kappa shape index (κ2) is 4.13. The summed E-state index contributed by atoms with van der Waals surface area (Å²) in [6.45, 7) is 1.39. The van der Waals surface area contributed by atoms with Crippen LogP contribution < -0.4 is 5.32 Å². The Balaban J connectivity index is 0.000000490. The molecule has 1 atom stereocenters. The second-order valence-corrected chi connectivity index (χ2v) is 1.98. The lowest BCUT2D eigenvalue weighted by Gasteiger charge is -2.01. The van der Waals surface area contributed by atoms with Crippen LogP contribution in [0, 0.1) is 0 Å². The average Bonchev–Trinajstić information content (AvgIpc) is 2.14. The monoisotopic (exact) mass is 137 g/mol. The maximum atomic E-state index is 8.50. The minimum atomic E-state index is 0. The Bertz CT molecular complexity index is 54.4. The largest absolute Gasteiger partial charge is 0.395 e. The highest BCUT2D eigenvalue weighted by atomic mass is 35.5. The molecule has 0 radical (unpaired) electrons. The average molecular weight is 138 g/mol. The molecule has 0 unspecified atom stereocenters. The smallest absolute Gasteiger partial charge is 0.0584 e. The lowest BCUT2D eigenvalue weighted by atomic mass is 10.2. The zero-order valence-corrected chi connectivity index (χ0v) is 5.58. The van der Waals surface area contributed by atoms with Gasteiger partial charge in [-0.05, 0) is 19.4 Å². The third kappa shape index (κ3) is 1.99. The molecule has 1 rings (SSSR count). The van der Waals surface area contributed by atoms with Crippen molar-refractivity contribution < 1.29 is 5.11 Å². The Morgan fingerprint density at radius 3 is 2.62 bits per heavy atom. The molecule has 2 N–H and O–H groups in total. The first-order chi connectivity index (χ1) is 3.43. The fourth-order valence-electron chi connectivity index (χ4n) is 0.913. The fourth-order valence-corrected chi connectivity index (χ4v) is 0.913. The molecule has 1 aliphatic heterocycles. The van der Waals surface area contributed by atoms with Crippen LogP contribution in [0.4, 0.5) is 0 Å². The minimum absolute atomic E-state index is 0. The summed E-state index contributed by atoms with van der Waals surface area (Å²) in [7, 11) is 0. The fraction of sp³-hybridized carbons (Fsp3) is 1.00. The molecule has 1 saturated heterocycles. The summed E-state index contributed by atoms with van der Waals surface area (Å²) < 4.78 is 0. The Labute approximate surface area is 55.7 Å². The Morgan fingerprint density at radius 2 is 2.38 bits per heavy atom. The van der Waals surface area contributed by atoms with Crippen molar-refractivity contribution in [2.45, 2.75) is 18.9 Å². The van der Waals surface area contributed by atoms with Crippen LogP contribution >= 0.6 is 12.4 Å². The topological polar surface area (TPSA) is 32.3 Å². The van der Waals surface area contributed by atoms with Crippen molar-refractivity contribution in [3.05, 3.63) is 0 Å². The summed E-state index contributed by atoms with van der Waals surface area (Å²) in [5, 5.41) is 11.7. The molecule has 0 spiro atoms. The predicted octanol–water partition coefficient (Wildman–Crippen LogP) is 0.152. The summed E-state index contributed by atoms with van der Waals surface area (Å²) in [6.07, 6.45) is 2.38. The number of rotatable bonds is 1. The SMILES string of the molecule is Cl.OC[C@@H]1CCCN1. The van der Waals surface area contributed by atoms with E-state index in [9.17, 15) is 0 Å². The minimum Gasteiger partial charge on any atom is -0.395 e. The Hall–Kier alpha value is 0.210. The highest BCUT2D eigenvalue weighted by Crippen LogP contribution is 2.02. The lowest BCUT2D eigenvalue weighted by Crippen LogP contribution is -2.24. The lowest BCUT2D eigenvalue weighted by molar-refractivity contribution is 0.255. The maximum absolute atomic E-state index is 8.50. The van der Waals surface area contributed by atoms with Gasteiger partial charge in [0, 0.05) is 6.04 Å². The standard InChI is InChI=1S/C5H11NO.ClH/c7-4-5-2-1-3-6-5;/h5-7H,1-4H2;1H/t5-;/m0./s1. The molecule has 0 aliphatic carbocycles. The summed E-state index contributed by atoms with van der Waals surface area (Å²) in [6, 6.07) is 0.403. The number of aliphatic hydroxyl groups is 1. The summed E-state index contributed by atoms with van der Waals surface area (Å²) >= 11 is 0. The first-order valence-electron chi connectivity index (χ1n) is 2.77. The van der Waals surface area contributed by atoms with Gasteiger partial charge in [-0.25, -0.2) is 0 Å². The highest BCUT2D eigenvalue weighted by Gasteiger charge is 2.10. The van der Waals surface area contributed by atoms with E-state index in [0.717, 1.165) is 13.0 Å². The van der Waals surface area contributed by atoms with Crippen LogP contribution in [0.3, 0.4) is 0 Å². The second-order valence-electron chi connectivity index (χ2n) is 1.98. The molecule has 2 nitrogen and oxygen atoms in total. The van der Waals surface area contributed by atoms with E-state index in [-0.39, 0.29) is 12.4 Å². The van der Waals surface area contributed by atoms with Gasteiger partial charge in [0.25, 0.3) is 0 Å². The van der Waals surface area contributed by atoms with Gasteiger partial charge in [0.1, 0.15) is 0 Å². The predicted molar refractivity (Wildman–Crippen MR) is 35.4 cm³/mol. The molecule has 0 amide bonds. The van der Waals surface area contributed by atoms with Gasteiger partial charge in [0.2, 0.25) is 0 Å². The number of aliphatic hydroxyl groups excluding tert-OH is 1. The molecule has 50 valence electrons.